The van der Waals surface area contributed by atoms with Crippen molar-refractivity contribution in [2.75, 3.05) is 10.2 Å². The molecule has 1 saturated heterocycles. The number of benzene rings is 1. The highest BCUT2D eigenvalue weighted by Crippen LogP contribution is 2.30. The van der Waals surface area contributed by atoms with E-state index in [0.717, 1.165) is 10.4 Å². The number of nitrogens with one attached hydrogen (secondary N) is 1. The first-order valence-corrected chi connectivity index (χ1v) is 9.37. The number of aromatic nitrogens is 1. The van der Waals surface area contributed by atoms with Crippen LogP contribution < -0.4 is 10.2 Å². The second-order valence-corrected chi connectivity index (χ2v) is 8.26. The molecule has 2 heterocycles. The molecule has 2 aromatic rings. The maximum Gasteiger partial charge on any atom is 0.248 e. The summed E-state index contributed by atoms with van der Waals surface area (Å²) in [6.45, 7) is 6.23. The second kappa shape index (κ2) is 7.17. The minimum atomic E-state index is -0.553. The Kier molecular flexibility index (Phi) is 5.11. The van der Waals surface area contributed by atoms with Crippen molar-refractivity contribution in [3.8, 4) is 0 Å². The molecule has 1 aliphatic heterocycles. The number of anilines is 2. The lowest BCUT2D eigenvalue weighted by Crippen LogP contribution is -2.41. The maximum absolute atomic E-state index is 12.7. The van der Waals surface area contributed by atoms with Crippen molar-refractivity contribution in [2.24, 2.45) is 0 Å². The molecule has 1 aromatic carbocycles. The SMILES string of the molecule is CC(C)(C)c1cc(NC(=O)C2CCC(=O)N2c2ccc(CO)cc2)ns1. The van der Waals surface area contributed by atoms with Gasteiger partial charge in [0.15, 0.2) is 0 Å². The van der Waals surface area contributed by atoms with Gasteiger partial charge < -0.3 is 10.4 Å². The Morgan fingerprint density at radius 1 is 1.35 bits per heavy atom. The molecular weight excluding hydrogens is 350 g/mol. The summed E-state index contributed by atoms with van der Waals surface area (Å²) in [4.78, 5) is 27.7. The average molecular weight is 373 g/mol. The Bertz CT molecular complexity index is 808. The largest absolute Gasteiger partial charge is 0.392 e. The molecule has 0 bridgehead atoms. The van der Waals surface area contributed by atoms with Crippen molar-refractivity contribution in [3.63, 3.8) is 0 Å². The Hall–Kier alpha value is -2.25. The van der Waals surface area contributed by atoms with Crippen LogP contribution in [0, 0.1) is 0 Å². The van der Waals surface area contributed by atoms with Crippen LogP contribution in [0.4, 0.5) is 11.5 Å². The summed E-state index contributed by atoms with van der Waals surface area (Å²) >= 11 is 1.37. The molecule has 1 aliphatic rings. The topological polar surface area (TPSA) is 82.5 Å². The van der Waals surface area contributed by atoms with Crippen LogP contribution in [0.1, 0.15) is 44.1 Å². The van der Waals surface area contributed by atoms with E-state index in [1.165, 1.54) is 16.4 Å². The third kappa shape index (κ3) is 3.78. The maximum atomic E-state index is 12.7. The molecule has 0 radical (unpaired) electrons. The summed E-state index contributed by atoms with van der Waals surface area (Å²) < 4.78 is 4.31. The van der Waals surface area contributed by atoms with Crippen molar-refractivity contribution >= 4 is 34.9 Å². The van der Waals surface area contributed by atoms with Crippen molar-refractivity contribution in [1.82, 2.24) is 4.37 Å². The van der Waals surface area contributed by atoms with Crippen LogP contribution >= 0.6 is 11.5 Å². The number of carbonyl (C=O) groups excluding carboxylic acids is 2. The van der Waals surface area contributed by atoms with Crippen LogP contribution in [0.25, 0.3) is 0 Å². The predicted molar refractivity (Wildman–Crippen MR) is 102 cm³/mol. The van der Waals surface area contributed by atoms with Gasteiger partial charge in [0.1, 0.15) is 11.9 Å². The molecule has 1 fully saturated rings. The van der Waals surface area contributed by atoms with Gasteiger partial charge in [-0.2, -0.15) is 4.37 Å². The van der Waals surface area contributed by atoms with E-state index in [0.29, 0.717) is 24.3 Å². The minimum Gasteiger partial charge on any atom is -0.392 e. The van der Waals surface area contributed by atoms with Gasteiger partial charge in [-0.3, -0.25) is 14.5 Å². The second-order valence-electron chi connectivity index (χ2n) is 7.46. The molecule has 138 valence electrons. The summed E-state index contributed by atoms with van der Waals surface area (Å²) in [5, 5.41) is 12.0. The van der Waals surface area contributed by atoms with E-state index in [9.17, 15) is 9.59 Å². The van der Waals surface area contributed by atoms with E-state index >= 15 is 0 Å². The first kappa shape index (κ1) is 18.5. The first-order chi connectivity index (χ1) is 12.3. The Morgan fingerprint density at radius 3 is 2.62 bits per heavy atom. The predicted octanol–water partition coefficient (Wildman–Crippen LogP) is 3.07. The first-order valence-electron chi connectivity index (χ1n) is 8.59. The number of rotatable bonds is 4. The molecule has 0 saturated carbocycles. The normalized spacial score (nSPS) is 17.6. The van der Waals surface area contributed by atoms with Gasteiger partial charge in [0.05, 0.1) is 6.61 Å². The zero-order chi connectivity index (χ0) is 18.9. The van der Waals surface area contributed by atoms with Crippen LogP contribution in [0.15, 0.2) is 30.3 Å². The molecule has 6 nitrogen and oxygen atoms in total. The molecule has 1 unspecified atom stereocenters. The van der Waals surface area contributed by atoms with Crippen molar-refractivity contribution < 1.29 is 14.7 Å². The van der Waals surface area contributed by atoms with E-state index < -0.39 is 6.04 Å². The van der Waals surface area contributed by atoms with Crippen LogP contribution in [0.2, 0.25) is 0 Å². The van der Waals surface area contributed by atoms with Gasteiger partial charge in [0.2, 0.25) is 11.8 Å². The molecule has 0 aliphatic carbocycles. The van der Waals surface area contributed by atoms with Gasteiger partial charge in [-0.25, -0.2) is 0 Å². The molecular formula is C19H23N3O3S. The zero-order valence-corrected chi connectivity index (χ0v) is 16.0. The summed E-state index contributed by atoms with van der Waals surface area (Å²) in [6.07, 6.45) is 0.812. The fourth-order valence-electron chi connectivity index (χ4n) is 2.91. The molecule has 2 amide bonds. The fraction of sp³-hybridized carbons (Fsp3) is 0.421. The zero-order valence-electron chi connectivity index (χ0n) is 15.2. The average Bonchev–Trinajstić information content (AvgIpc) is 3.21. The third-order valence-electron chi connectivity index (χ3n) is 4.41. The molecule has 7 heteroatoms. The number of aliphatic hydroxyl groups excluding tert-OH is 1. The monoisotopic (exact) mass is 373 g/mol. The van der Waals surface area contributed by atoms with Crippen LogP contribution in [0.5, 0.6) is 0 Å². The summed E-state index contributed by atoms with van der Waals surface area (Å²) in [6, 6.07) is 8.37. The molecule has 1 atom stereocenters. The summed E-state index contributed by atoms with van der Waals surface area (Å²) in [7, 11) is 0. The number of hydrogen-bond acceptors (Lipinski definition) is 5. The molecule has 3 rings (SSSR count). The van der Waals surface area contributed by atoms with Crippen LogP contribution in [-0.2, 0) is 21.6 Å². The van der Waals surface area contributed by atoms with Crippen molar-refractivity contribution in [3.05, 3.63) is 40.8 Å². The number of nitrogens with zero attached hydrogens (tertiary/aromatic N) is 2. The van der Waals surface area contributed by atoms with Gasteiger partial charge >= 0.3 is 0 Å². The lowest BCUT2D eigenvalue weighted by atomic mass is 9.95. The van der Waals surface area contributed by atoms with E-state index in [2.05, 4.69) is 30.5 Å². The van der Waals surface area contributed by atoms with Gasteiger partial charge in [-0.05, 0) is 47.1 Å². The van der Waals surface area contributed by atoms with Crippen molar-refractivity contribution in [2.45, 2.75) is 51.7 Å². The highest BCUT2D eigenvalue weighted by atomic mass is 32.1. The smallest absolute Gasteiger partial charge is 0.248 e. The van der Waals surface area contributed by atoms with E-state index in [4.69, 9.17) is 5.11 Å². The quantitative estimate of drug-likeness (QED) is 0.863. The summed E-state index contributed by atoms with van der Waals surface area (Å²) in [5.41, 5.74) is 1.40. The number of amides is 2. The molecule has 1 aromatic heterocycles. The standard InChI is InChI=1S/C19H23N3O3S/c1-19(2,3)15-10-16(21-26-15)20-18(25)14-8-9-17(24)22(14)13-6-4-12(11-23)5-7-13/h4-7,10,14,23H,8-9,11H2,1-3H3,(H,20,21,25). The van der Waals surface area contributed by atoms with Gasteiger partial charge in [0.25, 0.3) is 0 Å². The van der Waals surface area contributed by atoms with Crippen LogP contribution in [0.3, 0.4) is 0 Å². The highest BCUT2D eigenvalue weighted by molar-refractivity contribution is 7.06. The Morgan fingerprint density at radius 2 is 2.04 bits per heavy atom. The Balaban J connectivity index is 1.77. The van der Waals surface area contributed by atoms with Gasteiger partial charge in [-0.1, -0.05) is 32.9 Å². The molecule has 0 spiro atoms. The fourth-order valence-corrected chi connectivity index (χ4v) is 3.65. The summed E-state index contributed by atoms with van der Waals surface area (Å²) in [5.74, 6) is 0.225. The van der Waals surface area contributed by atoms with Gasteiger partial charge in [-0.15, -0.1) is 0 Å². The number of hydrogen-bond donors (Lipinski definition) is 2. The molecule has 26 heavy (non-hydrogen) atoms. The highest BCUT2D eigenvalue weighted by Gasteiger charge is 2.37. The molecule has 2 N–H and O–H groups in total. The van der Waals surface area contributed by atoms with E-state index in [1.807, 2.05) is 6.07 Å². The Labute approximate surface area is 157 Å². The van der Waals surface area contributed by atoms with Gasteiger partial charge in [0, 0.05) is 17.0 Å². The van der Waals surface area contributed by atoms with Crippen molar-refractivity contribution in [1.29, 1.82) is 0 Å². The van der Waals surface area contributed by atoms with Crippen LogP contribution in [-0.4, -0.2) is 27.3 Å². The number of carbonyl (C=O) groups is 2. The van der Waals surface area contributed by atoms with E-state index in [-0.39, 0.29) is 23.8 Å². The third-order valence-corrected chi connectivity index (χ3v) is 5.63. The number of aliphatic hydroxyl groups is 1. The van der Waals surface area contributed by atoms with E-state index in [1.54, 1.807) is 24.3 Å². The lowest BCUT2D eigenvalue weighted by molar-refractivity contribution is -0.120. The lowest BCUT2D eigenvalue weighted by Gasteiger charge is -2.24. The minimum absolute atomic E-state index is 0.0234.